The predicted molar refractivity (Wildman–Crippen MR) is 142 cm³/mol. The number of benzene rings is 2. The molecule has 7 nitrogen and oxygen atoms in total. The molecule has 1 unspecified atom stereocenters. The molecule has 0 aliphatic heterocycles. The maximum atomic E-state index is 13.6. The van der Waals surface area contributed by atoms with E-state index in [-0.39, 0.29) is 12.5 Å². The zero-order valence-electron chi connectivity index (χ0n) is 20.6. The second-order valence-electron chi connectivity index (χ2n) is 8.44. The first kappa shape index (κ1) is 28.9. The fraction of sp³-hybridized carbons (Fsp3) is 0.440. The van der Waals surface area contributed by atoms with E-state index in [2.05, 4.69) is 5.32 Å². The minimum absolute atomic E-state index is 0.0704. The van der Waals surface area contributed by atoms with Crippen LogP contribution in [0.5, 0.6) is 0 Å². The minimum atomic E-state index is -3.77. The van der Waals surface area contributed by atoms with Crippen molar-refractivity contribution in [2.75, 3.05) is 23.7 Å². The monoisotopic (exact) mass is 541 g/mol. The lowest BCUT2D eigenvalue weighted by Gasteiger charge is -2.33. The van der Waals surface area contributed by atoms with Crippen molar-refractivity contribution < 1.29 is 18.0 Å². The van der Waals surface area contributed by atoms with Gasteiger partial charge in [-0.25, -0.2) is 8.42 Å². The molecule has 0 spiro atoms. The first-order chi connectivity index (χ1) is 16.5. The van der Waals surface area contributed by atoms with Gasteiger partial charge in [-0.3, -0.25) is 13.9 Å². The summed E-state index contributed by atoms with van der Waals surface area (Å²) >= 11 is 12.2. The highest BCUT2D eigenvalue weighted by Gasteiger charge is 2.31. The predicted octanol–water partition coefficient (Wildman–Crippen LogP) is 4.79. The summed E-state index contributed by atoms with van der Waals surface area (Å²) in [4.78, 5) is 28.0. The first-order valence-corrected chi connectivity index (χ1v) is 14.1. The van der Waals surface area contributed by atoms with Crippen LogP contribution in [0.2, 0.25) is 10.0 Å². The van der Waals surface area contributed by atoms with E-state index < -0.39 is 28.5 Å². The van der Waals surface area contributed by atoms with Crippen molar-refractivity contribution in [1.82, 2.24) is 10.2 Å². The third-order valence-corrected chi connectivity index (χ3v) is 7.43. The number of rotatable bonds is 12. The van der Waals surface area contributed by atoms with Crippen molar-refractivity contribution in [2.45, 2.75) is 52.6 Å². The fourth-order valence-corrected chi connectivity index (χ4v) is 4.76. The Bertz CT molecular complexity index is 1120. The highest BCUT2D eigenvalue weighted by molar-refractivity contribution is 7.92. The number of hydrogen-bond acceptors (Lipinski definition) is 4. The molecule has 1 atom stereocenters. The largest absolute Gasteiger partial charge is 0.354 e. The van der Waals surface area contributed by atoms with E-state index in [1.165, 1.54) is 4.90 Å². The average molecular weight is 543 g/mol. The number of nitrogens with one attached hydrogen (secondary N) is 1. The van der Waals surface area contributed by atoms with E-state index in [4.69, 9.17) is 23.2 Å². The summed E-state index contributed by atoms with van der Waals surface area (Å²) in [5.74, 6) is -0.782. The van der Waals surface area contributed by atoms with Gasteiger partial charge < -0.3 is 10.2 Å². The number of hydrogen-bond donors (Lipinski definition) is 1. The summed E-state index contributed by atoms with van der Waals surface area (Å²) in [6.07, 6.45) is 3.15. The van der Waals surface area contributed by atoms with Crippen molar-refractivity contribution in [2.24, 2.45) is 0 Å². The van der Waals surface area contributed by atoms with Crippen molar-refractivity contribution in [3.8, 4) is 0 Å². The van der Waals surface area contributed by atoms with Crippen LogP contribution in [-0.4, -0.2) is 50.5 Å². The molecule has 0 heterocycles. The number of anilines is 1. The average Bonchev–Trinajstić information content (AvgIpc) is 2.79. The van der Waals surface area contributed by atoms with E-state index >= 15 is 0 Å². The summed E-state index contributed by atoms with van der Waals surface area (Å²) in [6, 6.07) is 11.1. The Labute approximate surface area is 218 Å². The van der Waals surface area contributed by atoms with Crippen LogP contribution in [0.25, 0.3) is 0 Å². The molecule has 0 aliphatic carbocycles. The van der Waals surface area contributed by atoms with Gasteiger partial charge in [0.25, 0.3) is 0 Å². The molecule has 0 aliphatic rings. The number of halogens is 2. The van der Waals surface area contributed by atoms with Gasteiger partial charge in [-0.2, -0.15) is 0 Å². The summed E-state index contributed by atoms with van der Waals surface area (Å²) in [5.41, 5.74) is 2.01. The number of carbonyl (C=O) groups excluding carboxylic acids is 2. The molecule has 0 saturated carbocycles. The van der Waals surface area contributed by atoms with Crippen LogP contribution in [0.4, 0.5) is 5.69 Å². The Hall–Kier alpha value is -2.29. The van der Waals surface area contributed by atoms with E-state index in [0.29, 0.717) is 34.3 Å². The number of unbranched alkanes of at least 4 members (excludes halogenated alkanes) is 1. The Morgan fingerprint density at radius 1 is 1.03 bits per heavy atom. The van der Waals surface area contributed by atoms with Crippen LogP contribution >= 0.6 is 23.2 Å². The highest BCUT2D eigenvalue weighted by atomic mass is 35.5. The summed E-state index contributed by atoms with van der Waals surface area (Å²) in [7, 11) is -3.77. The highest BCUT2D eigenvalue weighted by Crippen LogP contribution is 2.25. The molecule has 0 fully saturated rings. The SMILES string of the molecule is CCCCNC(=O)C(CC)N(Cc1ccc(Cl)c(Cl)c1)C(=O)CN(c1ccc(C)cc1)S(C)(=O)=O. The molecule has 10 heteroatoms. The third-order valence-electron chi connectivity index (χ3n) is 5.55. The first-order valence-electron chi connectivity index (χ1n) is 11.5. The van der Waals surface area contributed by atoms with Crippen molar-refractivity contribution in [3.05, 3.63) is 63.6 Å². The van der Waals surface area contributed by atoms with Crippen LogP contribution in [0.15, 0.2) is 42.5 Å². The second kappa shape index (κ2) is 13.1. The van der Waals surface area contributed by atoms with Crippen LogP contribution in [-0.2, 0) is 26.2 Å². The van der Waals surface area contributed by atoms with Crippen molar-refractivity contribution >= 4 is 50.7 Å². The second-order valence-corrected chi connectivity index (χ2v) is 11.2. The molecular formula is C25H33Cl2N3O4S. The molecule has 2 amide bonds. The van der Waals surface area contributed by atoms with Crippen LogP contribution in [0.3, 0.4) is 0 Å². The van der Waals surface area contributed by atoms with E-state index in [0.717, 1.165) is 29.0 Å². The summed E-state index contributed by atoms with van der Waals surface area (Å²) in [6.45, 7) is 5.85. The third kappa shape index (κ3) is 8.40. The summed E-state index contributed by atoms with van der Waals surface area (Å²) < 4.78 is 26.3. The lowest BCUT2D eigenvalue weighted by atomic mass is 10.1. The topological polar surface area (TPSA) is 86.8 Å². The van der Waals surface area contributed by atoms with Crippen molar-refractivity contribution in [3.63, 3.8) is 0 Å². The number of aryl methyl sites for hydroxylation is 1. The zero-order chi connectivity index (χ0) is 26.2. The van der Waals surface area contributed by atoms with Crippen molar-refractivity contribution in [1.29, 1.82) is 0 Å². The van der Waals surface area contributed by atoms with Gasteiger partial charge in [-0.1, -0.05) is 67.2 Å². The molecular weight excluding hydrogens is 509 g/mol. The zero-order valence-corrected chi connectivity index (χ0v) is 22.9. The molecule has 192 valence electrons. The van der Waals surface area contributed by atoms with E-state index in [1.54, 1.807) is 42.5 Å². The number of amides is 2. The van der Waals surface area contributed by atoms with Crippen LogP contribution in [0, 0.1) is 6.92 Å². The molecule has 0 bridgehead atoms. The van der Waals surface area contributed by atoms with E-state index in [9.17, 15) is 18.0 Å². The molecule has 2 rings (SSSR count). The Kier molecular flexibility index (Phi) is 10.9. The van der Waals surface area contributed by atoms with Gasteiger partial charge in [0, 0.05) is 13.1 Å². The quantitative estimate of drug-likeness (QED) is 0.391. The van der Waals surface area contributed by atoms with Gasteiger partial charge in [0.2, 0.25) is 21.8 Å². The molecule has 1 N–H and O–H groups in total. The molecule has 0 aromatic heterocycles. The number of nitrogens with zero attached hydrogens (tertiary/aromatic N) is 2. The van der Waals surface area contributed by atoms with Gasteiger partial charge in [0.05, 0.1) is 22.0 Å². The van der Waals surface area contributed by atoms with Gasteiger partial charge in [0.15, 0.2) is 0 Å². The van der Waals surface area contributed by atoms with Crippen LogP contribution < -0.4 is 9.62 Å². The molecule has 2 aromatic carbocycles. The number of sulfonamides is 1. The maximum Gasteiger partial charge on any atom is 0.244 e. The standard InChI is InChI=1S/C25H33Cl2N3O4S/c1-5-7-14-28-25(32)23(6-2)29(16-19-10-13-21(26)22(27)15-19)24(31)17-30(35(4,33)34)20-11-8-18(3)9-12-20/h8-13,15,23H,5-7,14,16-17H2,1-4H3,(H,28,32). The lowest BCUT2D eigenvalue weighted by molar-refractivity contribution is -0.140. The Balaban J connectivity index is 2.41. The summed E-state index contributed by atoms with van der Waals surface area (Å²) in [5, 5.41) is 3.59. The normalized spacial score (nSPS) is 12.2. The van der Waals surface area contributed by atoms with Gasteiger partial charge in [-0.15, -0.1) is 0 Å². The fourth-order valence-electron chi connectivity index (χ4n) is 3.59. The Morgan fingerprint density at radius 2 is 1.69 bits per heavy atom. The van der Waals surface area contributed by atoms with Gasteiger partial charge >= 0.3 is 0 Å². The maximum absolute atomic E-state index is 13.6. The smallest absolute Gasteiger partial charge is 0.244 e. The van der Waals surface area contributed by atoms with Crippen LogP contribution in [0.1, 0.15) is 44.2 Å². The molecule has 35 heavy (non-hydrogen) atoms. The van der Waals surface area contributed by atoms with Gasteiger partial charge in [0.1, 0.15) is 12.6 Å². The van der Waals surface area contributed by atoms with Gasteiger partial charge in [-0.05, 0) is 49.6 Å². The molecule has 0 saturated heterocycles. The minimum Gasteiger partial charge on any atom is -0.354 e. The molecule has 0 radical (unpaired) electrons. The molecule has 2 aromatic rings. The number of carbonyl (C=O) groups is 2. The Morgan fingerprint density at radius 3 is 2.23 bits per heavy atom. The van der Waals surface area contributed by atoms with E-state index in [1.807, 2.05) is 20.8 Å². The lowest BCUT2D eigenvalue weighted by Crippen LogP contribution is -2.52.